The van der Waals surface area contributed by atoms with Gasteiger partial charge in [0.15, 0.2) is 5.78 Å². The Hall–Kier alpha value is -3.59. The number of benzene rings is 2. The van der Waals surface area contributed by atoms with Gasteiger partial charge in [0, 0.05) is 30.5 Å². The van der Waals surface area contributed by atoms with Gasteiger partial charge in [-0.05, 0) is 30.4 Å². The number of aromatic nitrogens is 4. The maximum absolute atomic E-state index is 12.8. The number of non-ortho nitro benzene ring substituents is 1. The summed E-state index contributed by atoms with van der Waals surface area (Å²) in [5, 5.41) is 16.0. The number of nitrogens with zero attached hydrogens (tertiary/aromatic N) is 5. The number of carbonyl (C=O) groups is 1. The molecule has 8 nitrogen and oxygen atoms in total. The van der Waals surface area contributed by atoms with Gasteiger partial charge >= 0.3 is 0 Å². The highest BCUT2D eigenvalue weighted by Gasteiger charge is 2.29. The first-order valence-electron chi connectivity index (χ1n) is 10.2. The van der Waals surface area contributed by atoms with E-state index in [0.29, 0.717) is 35.1 Å². The Kier molecular flexibility index (Phi) is 5.18. The van der Waals surface area contributed by atoms with Crippen molar-refractivity contribution in [3.63, 3.8) is 0 Å². The molecule has 1 atom stereocenters. The van der Waals surface area contributed by atoms with Crippen LogP contribution in [0.25, 0.3) is 5.78 Å². The lowest BCUT2D eigenvalue weighted by atomic mass is 9.82. The van der Waals surface area contributed by atoms with Gasteiger partial charge < -0.3 is 0 Å². The van der Waals surface area contributed by atoms with E-state index in [9.17, 15) is 14.9 Å². The first kappa shape index (κ1) is 20.3. The summed E-state index contributed by atoms with van der Waals surface area (Å²) in [4.78, 5) is 32.1. The lowest BCUT2D eigenvalue weighted by Gasteiger charge is -2.24. The van der Waals surface area contributed by atoms with Crippen molar-refractivity contribution in [2.45, 2.75) is 36.6 Å². The largest absolute Gasteiger partial charge is 0.294 e. The summed E-state index contributed by atoms with van der Waals surface area (Å²) >= 11 is 1.43. The first-order valence-corrected chi connectivity index (χ1v) is 11.2. The number of ketones is 1. The van der Waals surface area contributed by atoms with Crippen LogP contribution in [0.1, 0.15) is 45.1 Å². The van der Waals surface area contributed by atoms with Gasteiger partial charge in [-0.3, -0.25) is 14.9 Å². The molecule has 2 aromatic carbocycles. The van der Waals surface area contributed by atoms with Gasteiger partial charge in [0.1, 0.15) is 0 Å². The Labute approximate surface area is 187 Å². The summed E-state index contributed by atoms with van der Waals surface area (Å²) in [6, 6.07) is 14.7. The van der Waals surface area contributed by atoms with Crippen molar-refractivity contribution in [2.24, 2.45) is 0 Å². The number of nitro groups is 1. The van der Waals surface area contributed by atoms with Crippen molar-refractivity contribution in [1.82, 2.24) is 19.6 Å². The van der Waals surface area contributed by atoms with Gasteiger partial charge in [-0.2, -0.15) is 9.50 Å². The molecule has 0 fully saturated rings. The average molecular weight is 446 g/mol. The number of Topliss-reactive ketones (excluding diaryl/α,β-unsaturated/α-hetero) is 1. The molecule has 0 aliphatic heterocycles. The van der Waals surface area contributed by atoms with Crippen LogP contribution in [0.3, 0.4) is 0 Å². The SMILES string of the molecule is Cc1cccc(C2CC(=O)c3cnc4nc(SCc5ccc([N+](=O)[O-])cc5)nn4c3C2)c1. The summed E-state index contributed by atoms with van der Waals surface area (Å²) in [5.74, 6) is 1.21. The van der Waals surface area contributed by atoms with Crippen molar-refractivity contribution in [1.29, 1.82) is 0 Å². The molecule has 2 heterocycles. The second-order valence-corrected chi connectivity index (χ2v) is 8.82. The molecule has 0 amide bonds. The maximum atomic E-state index is 12.8. The topological polar surface area (TPSA) is 103 Å². The van der Waals surface area contributed by atoms with Crippen LogP contribution < -0.4 is 0 Å². The molecule has 0 saturated heterocycles. The third-order valence-electron chi connectivity index (χ3n) is 5.65. The second kappa shape index (κ2) is 8.16. The molecule has 4 aromatic rings. The van der Waals surface area contributed by atoms with Crippen molar-refractivity contribution in [3.05, 3.63) is 92.8 Å². The minimum atomic E-state index is -0.416. The normalized spacial score (nSPS) is 15.7. The van der Waals surface area contributed by atoms with Crippen LogP contribution in [0.2, 0.25) is 0 Å². The van der Waals surface area contributed by atoms with Gasteiger partial charge in [-0.1, -0.05) is 53.7 Å². The standard InChI is InChI=1S/C23H19N5O3S/c1-14-3-2-4-16(9-14)17-10-20-19(21(29)11-17)12-24-22-25-23(26-27(20)22)32-13-15-5-7-18(8-6-15)28(30)31/h2-9,12,17H,10-11,13H2,1H3. The van der Waals surface area contributed by atoms with E-state index in [-0.39, 0.29) is 17.4 Å². The number of hydrogen-bond acceptors (Lipinski definition) is 7. The molecule has 0 saturated carbocycles. The molecule has 160 valence electrons. The van der Waals surface area contributed by atoms with Crippen molar-refractivity contribution >= 4 is 29.0 Å². The van der Waals surface area contributed by atoms with E-state index in [1.165, 1.54) is 29.5 Å². The number of nitro benzene ring substituents is 1. The van der Waals surface area contributed by atoms with Crippen molar-refractivity contribution in [2.75, 3.05) is 0 Å². The Morgan fingerprint density at radius 3 is 2.75 bits per heavy atom. The molecule has 2 aromatic heterocycles. The average Bonchev–Trinajstić information content (AvgIpc) is 3.21. The van der Waals surface area contributed by atoms with Crippen LogP contribution in [-0.4, -0.2) is 30.3 Å². The lowest BCUT2D eigenvalue weighted by Crippen LogP contribution is -2.22. The fraction of sp³-hybridized carbons (Fsp3) is 0.217. The van der Waals surface area contributed by atoms with E-state index >= 15 is 0 Å². The number of fused-ring (bicyclic) bond motifs is 3. The highest BCUT2D eigenvalue weighted by atomic mass is 32.2. The third kappa shape index (κ3) is 3.87. The van der Waals surface area contributed by atoms with Crippen LogP contribution in [-0.2, 0) is 12.2 Å². The highest BCUT2D eigenvalue weighted by molar-refractivity contribution is 7.98. The van der Waals surface area contributed by atoms with Gasteiger partial charge in [-0.15, -0.1) is 5.10 Å². The molecule has 0 spiro atoms. The fourth-order valence-electron chi connectivity index (χ4n) is 4.01. The lowest BCUT2D eigenvalue weighted by molar-refractivity contribution is -0.384. The second-order valence-electron chi connectivity index (χ2n) is 7.88. The zero-order valence-corrected chi connectivity index (χ0v) is 18.1. The van der Waals surface area contributed by atoms with Gasteiger partial charge in [0.25, 0.3) is 11.5 Å². The van der Waals surface area contributed by atoms with Crippen molar-refractivity contribution < 1.29 is 9.72 Å². The third-order valence-corrected chi connectivity index (χ3v) is 6.56. The number of aryl methyl sites for hydroxylation is 1. The molecule has 0 radical (unpaired) electrons. The Morgan fingerprint density at radius 2 is 2.00 bits per heavy atom. The van der Waals surface area contributed by atoms with E-state index in [1.807, 2.05) is 6.07 Å². The quantitative estimate of drug-likeness (QED) is 0.252. The van der Waals surface area contributed by atoms with Crippen LogP contribution in [0.15, 0.2) is 59.9 Å². The summed E-state index contributed by atoms with van der Waals surface area (Å²) < 4.78 is 1.69. The van der Waals surface area contributed by atoms with E-state index < -0.39 is 4.92 Å². The van der Waals surface area contributed by atoms with Crippen LogP contribution >= 0.6 is 11.8 Å². The smallest absolute Gasteiger partial charge is 0.269 e. The van der Waals surface area contributed by atoms with Gasteiger partial charge in [0.05, 0.1) is 16.2 Å². The number of thioether (sulfide) groups is 1. The summed E-state index contributed by atoms with van der Waals surface area (Å²) in [7, 11) is 0. The molecule has 1 unspecified atom stereocenters. The number of rotatable bonds is 5. The molecule has 32 heavy (non-hydrogen) atoms. The summed E-state index contributed by atoms with van der Waals surface area (Å²) in [6.07, 6.45) is 2.76. The molecule has 0 bridgehead atoms. The van der Waals surface area contributed by atoms with E-state index in [2.05, 4.69) is 40.2 Å². The Bertz CT molecular complexity index is 1350. The van der Waals surface area contributed by atoms with E-state index in [4.69, 9.17) is 0 Å². The monoisotopic (exact) mass is 445 g/mol. The maximum Gasteiger partial charge on any atom is 0.269 e. The molecule has 1 aliphatic rings. The zero-order chi connectivity index (χ0) is 22.2. The van der Waals surface area contributed by atoms with E-state index in [0.717, 1.165) is 16.8 Å². The van der Waals surface area contributed by atoms with Gasteiger partial charge in [0.2, 0.25) is 5.16 Å². The number of carbonyl (C=O) groups excluding carboxylic acids is 1. The first-order chi connectivity index (χ1) is 15.5. The fourth-order valence-corrected chi connectivity index (χ4v) is 4.79. The molecule has 9 heteroatoms. The molecular formula is C23H19N5O3S. The predicted molar refractivity (Wildman–Crippen MR) is 120 cm³/mol. The number of hydrogen-bond donors (Lipinski definition) is 0. The van der Waals surface area contributed by atoms with Crippen LogP contribution in [0.4, 0.5) is 5.69 Å². The van der Waals surface area contributed by atoms with Crippen molar-refractivity contribution in [3.8, 4) is 0 Å². The zero-order valence-electron chi connectivity index (χ0n) is 17.3. The molecule has 5 rings (SSSR count). The van der Waals surface area contributed by atoms with Crippen LogP contribution in [0, 0.1) is 17.0 Å². The Balaban J connectivity index is 1.41. The minimum absolute atomic E-state index is 0.0632. The highest BCUT2D eigenvalue weighted by Crippen LogP contribution is 2.33. The summed E-state index contributed by atoms with van der Waals surface area (Å²) in [6.45, 7) is 2.05. The predicted octanol–water partition coefficient (Wildman–Crippen LogP) is 4.55. The van der Waals surface area contributed by atoms with Gasteiger partial charge in [-0.25, -0.2) is 4.98 Å². The molecule has 0 N–H and O–H groups in total. The summed E-state index contributed by atoms with van der Waals surface area (Å²) in [5.41, 5.74) is 4.77. The van der Waals surface area contributed by atoms with E-state index in [1.54, 1.807) is 22.8 Å². The molecule has 1 aliphatic carbocycles. The minimum Gasteiger partial charge on any atom is -0.294 e. The van der Waals surface area contributed by atoms with Crippen LogP contribution in [0.5, 0.6) is 0 Å². The Morgan fingerprint density at radius 1 is 1.19 bits per heavy atom. The molecular weight excluding hydrogens is 426 g/mol.